The number of hydrogen-bond acceptors (Lipinski definition) is 3. The highest BCUT2D eigenvalue weighted by atomic mass is 16.4. The van der Waals surface area contributed by atoms with Gasteiger partial charge in [0.15, 0.2) is 5.58 Å². The van der Waals surface area contributed by atoms with Crippen LogP contribution in [0.3, 0.4) is 0 Å². The first-order valence-corrected chi connectivity index (χ1v) is 7.54. The molecule has 3 rings (SSSR count). The van der Waals surface area contributed by atoms with Gasteiger partial charge in [0.1, 0.15) is 0 Å². The van der Waals surface area contributed by atoms with Crippen molar-refractivity contribution < 1.29 is 9.21 Å². The van der Waals surface area contributed by atoms with Crippen LogP contribution in [-0.2, 0) is 17.6 Å². The Labute approximate surface area is 133 Å². The van der Waals surface area contributed by atoms with Crippen molar-refractivity contribution in [1.29, 1.82) is 0 Å². The predicted molar refractivity (Wildman–Crippen MR) is 88.4 cm³/mol. The number of aromatic amines is 1. The Morgan fingerprint density at radius 1 is 1.13 bits per heavy atom. The van der Waals surface area contributed by atoms with E-state index < -0.39 is 5.76 Å². The van der Waals surface area contributed by atoms with E-state index in [9.17, 15) is 9.59 Å². The average molecular weight is 310 g/mol. The molecule has 23 heavy (non-hydrogen) atoms. The first-order chi connectivity index (χ1) is 11.1. The zero-order valence-electron chi connectivity index (χ0n) is 12.9. The fourth-order valence-electron chi connectivity index (χ4n) is 2.45. The molecule has 0 saturated heterocycles. The normalized spacial score (nSPS) is 10.8. The fourth-order valence-corrected chi connectivity index (χ4v) is 2.45. The van der Waals surface area contributed by atoms with Gasteiger partial charge in [0.2, 0.25) is 5.91 Å². The van der Waals surface area contributed by atoms with Crippen molar-refractivity contribution in [3.63, 3.8) is 0 Å². The van der Waals surface area contributed by atoms with Crippen LogP contribution in [0.1, 0.15) is 16.7 Å². The fraction of sp³-hybridized carbons (Fsp3) is 0.222. The van der Waals surface area contributed by atoms with Crippen molar-refractivity contribution in [1.82, 2.24) is 10.3 Å². The molecule has 0 aliphatic carbocycles. The third-order valence-electron chi connectivity index (χ3n) is 3.70. The summed E-state index contributed by atoms with van der Waals surface area (Å²) >= 11 is 0. The van der Waals surface area contributed by atoms with E-state index >= 15 is 0 Å². The molecule has 0 spiro atoms. The number of carbonyl (C=O) groups excluding carboxylic acids is 1. The maximum Gasteiger partial charge on any atom is 0.417 e. The molecule has 0 aliphatic rings. The first-order valence-electron chi connectivity index (χ1n) is 7.54. The Morgan fingerprint density at radius 2 is 1.87 bits per heavy atom. The summed E-state index contributed by atoms with van der Waals surface area (Å²) in [5.74, 6) is -0.449. The molecule has 0 unspecified atom stereocenters. The number of benzene rings is 2. The van der Waals surface area contributed by atoms with Gasteiger partial charge in [-0.2, -0.15) is 0 Å². The minimum absolute atomic E-state index is 0.00616. The highest BCUT2D eigenvalue weighted by molar-refractivity contribution is 5.78. The van der Waals surface area contributed by atoms with Crippen molar-refractivity contribution in [3.05, 3.63) is 69.7 Å². The van der Waals surface area contributed by atoms with Crippen molar-refractivity contribution in [2.45, 2.75) is 19.8 Å². The molecule has 3 aromatic rings. The second-order valence-electron chi connectivity index (χ2n) is 5.61. The quantitative estimate of drug-likeness (QED) is 0.759. The van der Waals surface area contributed by atoms with Crippen LogP contribution in [0.4, 0.5) is 0 Å². The molecule has 1 heterocycles. The van der Waals surface area contributed by atoms with Crippen molar-refractivity contribution in [3.8, 4) is 0 Å². The summed E-state index contributed by atoms with van der Waals surface area (Å²) in [6, 6.07) is 13.5. The highest BCUT2D eigenvalue weighted by Crippen LogP contribution is 2.12. The van der Waals surface area contributed by atoms with Crippen LogP contribution in [0.15, 0.2) is 51.7 Å². The molecular weight excluding hydrogens is 292 g/mol. The lowest BCUT2D eigenvalue weighted by molar-refractivity contribution is -0.120. The summed E-state index contributed by atoms with van der Waals surface area (Å²) < 4.78 is 4.96. The number of nitrogens with one attached hydrogen (secondary N) is 2. The summed E-state index contributed by atoms with van der Waals surface area (Å²) in [5, 5.41) is 2.91. The number of hydrogen-bond donors (Lipinski definition) is 2. The summed E-state index contributed by atoms with van der Waals surface area (Å²) in [6.45, 7) is 2.58. The number of aromatic nitrogens is 1. The van der Waals surface area contributed by atoms with Crippen molar-refractivity contribution >= 4 is 17.0 Å². The Morgan fingerprint density at radius 3 is 2.65 bits per heavy atom. The van der Waals surface area contributed by atoms with Gasteiger partial charge in [-0.05, 0) is 36.6 Å². The van der Waals surface area contributed by atoms with Gasteiger partial charge in [-0.1, -0.05) is 35.9 Å². The number of oxazole rings is 1. The van der Waals surface area contributed by atoms with E-state index in [4.69, 9.17) is 4.42 Å². The molecule has 0 aliphatic heterocycles. The second kappa shape index (κ2) is 6.52. The molecule has 1 amide bonds. The number of fused-ring (bicyclic) bond motifs is 1. The third kappa shape index (κ3) is 3.88. The van der Waals surface area contributed by atoms with E-state index in [1.807, 2.05) is 43.3 Å². The summed E-state index contributed by atoms with van der Waals surface area (Å²) in [6.07, 6.45) is 1.08. The Hall–Kier alpha value is -2.82. The molecule has 118 valence electrons. The second-order valence-corrected chi connectivity index (χ2v) is 5.61. The maximum atomic E-state index is 11.9. The van der Waals surface area contributed by atoms with Crippen LogP contribution in [0.25, 0.3) is 11.1 Å². The van der Waals surface area contributed by atoms with Gasteiger partial charge >= 0.3 is 5.76 Å². The van der Waals surface area contributed by atoms with Crippen molar-refractivity contribution in [2.24, 2.45) is 0 Å². The lowest BCUT2D eigenvalue weighted by Gasteiger charge is -2.06. The SMILES string of the molecule is Cc1ccc(CC(=O)NCCc2ccc3oc(=O)[nH]c3c2)cc1. The van der Waals surface area contributed by atoms with Gasteiger partial charge in [0.25, 0.3) is 0 Å². The molecule has 5 heteroatoms. The molecular formula is C18H18N2O3. The van der Waals surface area contributed by atoms with E-state index in [-0.39, 0.29) is 5.91 Å². The maximum absolute atomic E-state index is 11.9. The molecule has 5 nitrogen and oxygen atoms in total. The standard InChI is InChI=1S/C18H18N2O3/c1-12-2-4-13(5-3-12)11-17(21)19-9-8-14-6-7-16-15(10-14)20-18(22)23-16/h2-7,10H,8-9,11H2,1H3,(H,19,21)(H,20,22). The zero-order valence-corrected chi connectivity index (χ0v) is 12.9. The summed E-state index contributed by atoms with van der Waals surface area (Å²) in [5.41, 5.74) is 4.44. The highest BCUT2D eigenvalue weighted by Gasteiger charge is 2.05. The van der Waals surface area contributed by atoms with Gasteiger partial charge < -0.3 is 9.73 Å². The monoisotopic (exact) mass is 310 g/mol. The molecule has 0 bridgehead atoms. The molecule has 0 radical (unpaired) electrons. The summed E-state index contributed by atoms with van der Waals surface area (Å²) in [4.78, 5) is 25.7. The predicted octanol–water partition coefficient (Wildman–Crippen LogP) is 2.33. The van der Waals surface area contributed by atoms with E-state index in [2.05, 4.69) is 10.3 Å². The van der Waals surface area contributed by atoms with Crippen LogP contribution in [0.2, 0.25) is 0 Å². The number of aryl methyl sites for hydroxylation is 1. The van der Waals surface area contributed by atoms with Crippen molar-refractivity contribution in [2.75, 3.05) is 6.54 Å². The first kappa shape index (κ1) is 15.1. The average Bonchev–Trinajstić information content (AvgIpc) is 2.89. The smallest absolute Gasteiger partial charge is 0.408 e. The zero-order chi connectivity index (χ0) is 16.2. The summed E-state index contributed by atoms with van der Waals surface area (Å²) in [7, 11) is 0. The minimum atomic E-state index is -0.455. The minimum Gasteiger partial charge on any atom is -0.408 e. The number of rotatable bonds is 5. The lowest BCUT2D eigenvalue weighted by Crippen LogP contribution is -2.27. The largest absolute Gasteiger partial charge is 0.417 e. The molecule has 2 N–H and O–H groups in total. The van der Waals surface area contributed by atoms with Gasteiger partial charge in [0, 0.05) is 6.54 Å². The van der Waals surface area contributed by atoms with E-state index in [1.165, 1.54) is 5.56 Å². The van der Waals surface area contributed by atoms with Crippen LogP contribution in [0, 0.1) is 6.92 Å². The van der Waals surface area contributed by atoms with E-state index in [1.54, 1.807) is 6.07 Å². The van der Waals surface area contributed by atoms with Crippen LogP contribution < -0.4 is 11.1 Å². The van der Waals surface area contributed by atoms with Gasteiger partial charge in [-0.15, -0.1) is 0 Å². The Bertz CT molecular complexity index is 875. The van der Waals surface area contributed by atoms with Crippen LogP contribution in [-0.4, -0.2) is 17.4 Å². The molecule has 0 atom stereocenters. The van der Waals surface area contributed by atoms with E-state index in [0.717, 1.165) is 11.1 Å². The molecule has 0 fully saturated rings. The van der Waals surface area contributed by atoms with Crippen LogP contribution in [0.5, 0.6) is 0 Å². The molecule has 2 aromatic carbocycles. The lowest BCUT2D eigenvalue weighted by atomic mass is 10.1. The number of H-pyrrole nitrogens is 1. The Balaban J connectivity index is 1.52. The van der Waals surface area contributed by atoms with E-state index in [0.29, 0.717) is 30.5 Å². The van der Waals surface area contributed by atoms with Gasteiger partial charge in [0.05, 0.1) is 11.9 Å². The third-order valence-corrected chi connectivity index (χ3v) is 3.70. The van der Waals surface area contributed by atoms with Crippen LogP contribution >= 0.6 is 0 Å². The van der Waals surface area contributed by atoms with Gasteiger partial charge in [-0.3, -0.25) is 9.78 Å². The van der Waals surface area contributed by atoms with Gasteiger partial charge in [-0.25, -0.2) is 4.79 Å². The molecule has 1 aromatic heterocycles. The topological polar surface area (TPSA) is 75.1 Å². The molecule has 0 saturated carbocycles. The number of amides is 1. The number of carbonyl (C=O) groups is 1. The Kier molecular flexibility index (Phi) is 4.28.